The quantitative estimate of drug-likeness (QED) is 0.130. The van der Waals surface area contributed by atoms with Crippen LogP contribution in [0.2, 0.25) is 0 Å². The van der Waals surface area contributed by atoms with E-state index in [0.29, 0.717) is 12.5 Å². The molecule has 0 fully saturated rings. The van der Waals surface area contributed by atoms with Crippen molar-refractivity contribution in [3.05, 3.63) is 239 Å². The van der Waals surface area contributed by atoms with E-state index in [9.17, 15) is 0 Å². The SMILES string of the molecule is CCC(C)c1ccc(COc2ccc(C3(c4ccc(C(C)(C)C)cc4)c4ccccc4-c4ccc(N(c5ccccc5)c5ccc(-c6ccccc6)cc5)cc43)cc2)cc1. The number of fused-ring (bicyclic) bond motifs is 3. The zero-order valence-corrected chi connectivity index (χ0v) is 35.4. The van der Waals surface area contributed by atoms with Gasteiger partial charge in [-0.3, -0.25) is 0 Å². The van der Waals surface area contributed by atoms with Crippen LogP contribution < -0.4 is 9.64 Å². The molecule has 1 aliphatic rings. The van der Waals surface area contributed by atoms with E-state index in [4.69, 9.17) is 4.74 Å². The Labute approximate surface area is 356 Å². The largest absolute Gasteiger partial charge is 0.489 e. The topological polar surface area (TPSA) is 12.5 Å². The summed E-state index contributed by atoms with van der Waals surface area (Å²) in [5, 5.41) is 0. The van der Waals surface area contributed by atoms with Gasteiger partial charge in [-0.15, -0.1) is 0 Å². The number of ether oxygens (including phenoxy) is 1. The molecule has 0 radical (unpaired) electrons. The first-order valence-corrected chi connectivity index (χ1v) is 21.4. The van der Waals surface area contributed by atoms with Gasteiger partial charge in [-0.05, 0) is 127 Å². The molecule has 2 atom stereocenters. The van der Waals surface area contributed by atoms with Crippen molar-refractivity contribution in [2.24, 2.45) is 0 Å². The zero-order valence-electron chi connectivity index (χ0n) is 35.4. The zero-order chi connectivity index (χ0) is 41.3. The highest BCUT2D eigenvalue weighted by Gasteiger charge is 2.46. The van der Waals surface area contributed by atoms with Gasteiger partial charge in [-0.25, -0.2) is 0 Å². The van der Waals surface area contributed by atoms with Gasteiger partial charge in [0.25, 0.3) is 0 Å². The molecule has 8 aromatic carbocycles. The molecular formula is C58H53NO. The van der Waals surface area contributed by atoms with E-state index >= 15 is 0 Å². The Morgan fingerprint density at radius 3 is 1.72 bits per heavy atom. The molecule has 0 saturated heterocycles. The predicted octanol–water partition coefficient (Wildman–Crippen LogP) is 15.6. The fraction of sp³-hybridized carbons (Fsp3) is 0.172. The molecule has 0 heterocycles. The van der Waals surface area contributed by atoms with E-state index in [1.807, 2.05) is 0 Å². The van der Waals surface area contributed by atoms with Crippen molar-refractivity contribution in [1.82, 2.24) is 0 Å². The Hall–Kier alpha value is -6.64. The molecule has 9 rings (SSSR count). The minimum absolute atomic E-state index is 0.0319. The number of nitrogens with zero attached hydrogens (tertiary/aromatic N) is 1. The van der Waals surface area contributed by atoms with Gasteiger partial charge in [0.05, 0.1) is 5.41 Å². The Morgan fingerprint density at radius 2 is 1.07 bits per heavy atom. The first kappa shape index (κ1) is 38.9. The molecule has 2 nitrogen and oxygen atoms in total. The van der Waals surface area contributed by atoms with Gasteiger partial charge in [0.2, 0.25) is 0 Å². The second-order valence-corrected chi connectivity index (χ2v) is 17.3. The maximum atomic E-state index is 6.45. The summed E-state index contributed by atoms with van der Waals surface area (Å²) < 4.78 is 6.45. The molecule has 0 aromatic heterocycles. The molecule has 0 amide bonds. The van der Waals surface area contributed by atoms with Crippen molar-refractivity contribution in [2.75, 3.05) is 4.90 Å². The van der Waals surface area contributed by atoms with Crippen molar-refractivity contribution >= 4 is 17.1 Å². The highest BCUT2D eigenvalue weighted by molar-refractivity contribution is 5.89. The molecule has 296 valence electrons. The van der Waals surface area contributed by atoms with Crippen LogP contribution in [-0.2, 0) is 17.4 Å². The van der Waals surface area contributed by atoms with Gasteiger partial charge in [0.1, 0.15) is 12.4 Å². The van der Waals surface area contributed by atoms with Crippen LogP contribution in [0.15, 0.2) is 200 Å². The van der Waals surface area contributed by atoms with Gasteiger partial charge in [0, 0.05) is 17.1 Å². The van der Waals surface area contributed by atoms with Crippen molar-refractivity contribution < 1.29 is 4.74 Å². The fourth-order valence-electron chi connectivity index (χ4n) is 9.02. The lowest BCUT2D eigenvalue weighted by Crippen LogP contribution is -2.29. The van der Waals surface area contributed by atoms with E-state index in [0.717, 1.165) is 29.2 Å². The monoisotopic (exact) mass is 779 g/mol. The Morgan fingerprint density at radius 1 is 0.517 bits per heavy atom. The van der Waals surface area contributed by atoms with Crippen LogP contribution in [0.25, 0.3) is 22.3 Å². The van der Waals surface area contributed by atoms with E-state index in [2.05, 4.69) is 240 Å². The summed E-state index contributed by atoms with van der Waals surface area (Å²) in [7, 11) is 0. The van der Waals surface area contributed by atoms with Crippen LogP contribution in [0.3, 0.4) is 0 Å². The average Bonchev–Trinajstić information content (AvgIpc) is 3.59. The summed E-state index contributed by atoms with van der Waals surface area (Å²) in [6, 6.07) is 73.5. The number of hydrogen-bond acceptors (Lipinski definition) is 2. The molecule has 8 aromatic rings. The lowest BCUT2D eigenvalue weighted by atomic mass is 9.67. The van der Waals surface area contributed by atoms with E-state index in [1.54, 1.807) is 0 Å². The minimum atomic E-state index is -0.581. The number of benzene rings is 8. The third-order valence-corrected chi connectivity index (χ3v) is 12.6. The molecule has 0 aliphatic heterocycles. The highest BCUT2D eigenvalue weighted by Crippen LogP contribution is 2.57. The summed E-state index contributed by atoms with van der Waals surface area (Å²) in [6.07, 6.45) is 1.13. The normalized spacial score (nSPS) is 14.9. The van der Waals surface area contributed by atoms with E-state index in [-0.39, 0.29) is 5.41 Å². The first-order chi connectivity index (χ1) is 29.2. The van der Waals surface area contributed by atoms with Crippen LogP contribution in [0, 0.1) is 0 Å². The molecule has 0 saturated carbocycles. The minimum Gasteiger partial charge on any atom is -0.489 e. The number of anilines is 3. The number of hydrogen-bond donors (Lipinski definition) is 0. The molecule has 0 N–H and O–H groups in total. The summed E-state index contributed by atoms with van der Waals surface area (Å²) in [6.45, 7) is 11.9. The molecule has 1 aliphatic carbocycles. The molecule has 0 spiro atoms. The predicted molar refractivity (Wildman–Crippen MR) is 252 cm³/mol. The highest BCUT2D eigenvalue weighted by atomic mass is 16.5. The average molecular weight is 780 g/mol. The molecular weight excluding hydrogens is 727 g/mol. The Bertz CT molecular complexity index is 2690. The van der Waals surface area contributed by atoms with Crippen molar-refractivity contribution in [3.8, 4) is 28.0 Å². The maximum absolute atomic E-state index is 6.45. The summed E-state index contributed by atoms with van der Waals surface area (Å²) in [5.74, 6) is 1.41. The van der Waals surface area contributed by atoms with Crippen LogP contribution in [0.1, 0.15) is 85.9 Å². The number of para-hydroxylation sites is 1. The van der Waals surface area contributed by atoms with Gasteiger partial charge < -0.3 is 9.64 Å². The van der Waals surface area contributed by atoms with Gasteiger partial charge in [0.15, 0.2) is 0 Å². The second-order valence-electron chi connectivity index (χ2n) is 17.3. The molecule has 60 heavy (non-hydrogen) atoms. The summed E-state index contributed by atoms with van der Waals surface area (Å²) in [5.41, 5.74) is 16.6. The van der Waals surface area contributed by atoms with Gasteiger partial charge in [-0.2, -0.15) is 0 Å². The number of rotatable bonds is 11. The summed E-state index contributed by atoms with van der Waals surface area (Å²) in [4.78, 5) is 2.39. The third-order valence-electron chi connectivity index (χ3n) is 12.6. The van der Waals surface area contributed by atoms with Crippen LogP contribution >= 0.6 is 0 Å². The molecule has 2 unspecified atom stereocenters. The van der Waals surface area contributed by atoms with Crippen LogP contribution in [-0.4, -0.2) is 0 Å². The van der Waals surface area contributed by atoms with Crippen LogP contribution in [0.4, 0.5) is 17.1 Å². The Balaban J connectivity index is 1.18. The van der Waals surface area contributed by atoms with Gasteiger partial charge in [-0.1, -0.05) is 186 Å². The maximum Gasteiger partial charge on any atom is 0.119 e. The fourth-order valence-corrected chi connectivity index (χ4v) is 9.02. The smallest absolute Gasteiger partial charge is 0.119 e. The lowest BCUT2D eigenvalue weighted by Gasteiger charge is -2.35. The van der Waals surface area contributed by atoms with Gasteiger partial charge >= 0.3 is 0 Å². The van der Waals surface area contributed by atoms with Crippen LogP contribution in [0.5, 0.6) is 5.75 Å². The van der Waals surface area contributed by atoms with Crippen molar-refractivity contribution in [1.29, 1.82) is 0 Å². The van der Waals surface area contributed by atoms with E-state index in [1.165, 1.54) is 61.2 Å². The van der Waals surface area contributed by atoms with Crippen molar-refractivity contribution in [3.63, 3.8) is 0 Å². The first-order valence-electron chi connectivity index (χ1n) is 21.4. The molecule has 0 bridgehead atoms. The third kappa shape index (κ3) is 7.22. The van der Waals surface area contributed by atoms with Crippen molar-refractivity contribution in [2.45, 2.75) is 64.4 Å². The second kappa shape index (κ2) is 16.2. The van der Waals surface area contributed by atoms with E-state index < -0.39 is 5.41 Å². The Kier molecular flexibility index (Phi) is 10.5. The standard InChI is InChI=1S/C58H53NO/c1-6-41(2)43-23-21-42(22-24-43)40-60-52-36-31-48(32-37-52)58(47-29-27-46(28-30-47)57(3,4)5)55-20-14-13-19-53(55)54-38-35-51(39-56(54)58)59(49-17-11-8-12-18-49)50-33-25-45(26-34-50)44-15-9-7-10-16-44/h7-39,41H,6,40H2,1-5H3. The lowest BCUT2D eigenvalue weighted by molar-refractivity contribution is 0.306. The molecule has 2 heteroatoms. The summed E-state index contributed by atoms with van der Waals surface area (Å²) >= 11 is 0.